The second kappa shape index (κ2) is 8.73. The Hall–Kier alpha value is -3.22. The smallest absolute Gasteiger partial charge is 0.288 e. The van der Waals surface area contributed by atoms with Gasteiger partial charge in [0.05, 0.1) is 25.4 Å². The molecule has 0 bridgehead atoms. The zero-order valence-electron chi connectivity index (χ0n) is 17.2. The molecule has 1 N–H and O–H groups in total. The molecule has 0 saturated carbocycles. The van der Waals surface area contributed by atoms with E-state index in [9.17, 15) is 23.5 Å². The summed E-state index contributed by atoms with van der Waals surface area (Å²) in [7, 11) is 3.21. The van der Waals surface area contributed by atoms with E-state index >= 15 is 0 Å². The summed E-state index contributed by atoms with van der Waals surface area (Å²) in [5, 5.41) is 22.2. The minimum atomic E-state index is -0.753. The largest absolute Gasteiger partial charge is 0.503 e. The van der Waals surface area contributed by atoms with Crippen LogP contribution in [0.15, 0.2) is 29.2 Å². The van der Waals surface area contributed by atoms with Gasteiger partial charge >= 0.3 is 0 Å². The van der Waals surface area contributed by atoms with E-state index in [1.807, 2.05) is 0 Å². The van der Waals surface area contributed by atoms with Gasteiger partial charge in [-0.05, 0) is 11.6 Å². The summed E-state index contributed by atoms with van der Waals surface area (Å²) in [6.45, 7) is 0.764. The molecule has 0 unspecified atom stereocenters. The van der Waals surface area contributed by atoms with Gasteiger partial charge in [0.1, 0.15) is 16.6 Å². The van der Waals surface area contributed by atoms with Crippen LogP contribution in [0.5, 0.6) is 5.75 Å². The summed E-state index contributed by atoms with van der Waals surface area (Å²) in [6, 6.07) is 3.26. The molecule has 0 spiro atoms. The Morgan fingerprint density at radius 1 is 1.25 bits per heavy atom. The Morgan fingerprint density at radius 2 is 2.03 bits per heavy atom. The lowest BCUT2D eigenvalue weighted by Gasteiger charge is -2.37. The number of aromatic nitrogens is 3. The Bertz CT molecular complexity index is 1250. The highest BCUT2D eigenvalue weighted by atomic mass is 32.1. The number of aromatic hydroxyl groups is 1. The number of methoxy groups -OCH3 is 1. The molecule has 0 fully saturated rings. The molecule has 1 aromatic carbocycles. The van der Waals surface area contributed by atoms with Gasteiger partial charge in [0.2, 0.25) is 5.43 Å². The normalized spacial score (nSPS) is 14.1. The number of rotatable bonds is 6. The van der Waals surface area contributed by atoms with Gasteiger partial charge in [0.25, 0.3) is 5.91 Å². The second-order valence-corrected chi connectivity index (χ2v) is 8.23. The van der Waals surface area contributed by atoms with Crippen molar-refractivity contribution >= 4 is 17.2 Å². The molecule has 2 aromatic heterocycles. The van der Waals surface area contributed by atoms with Crippen LogP contribution in [0, 0.1) is 11.6 Å². The summed E-state index contributed by atoms with van der Waals surface area (Å²) < 4.78 is 33.5. The van der Waals surface area contributed by atoms with Crippen molar-refractivity contribution in [3.63, 3.8) is 0 Å². The molecular weight excluding hydrogens is 444 g/mol. The Morgan fingerprint density at radius 3 is 2.75 bits per heavy atom. The Labute approximate surface area is 185 Å². The molecular formula is C20H19F2N5O4S. The second-order valence-electron chi connectivity index (χ2n) is 7.17. The molecule has 0 radical (unpaired) electrons. The molecule has 0 atom stereocenters. The summed E-state index contributed by atoms with van der Waals surface area (Å²) in [5.74, 6) is -2.58. The molecule has 3 aromatic rings. The molecule has 32 heavy (non-hydrogen) atoms. The van der Waals surface area contributed by atoms with Crippen LogP contribution < -0.4 is 5.43 Å². The molecule has 1 aliphatic rings. The number of carbonyl (C=O) groups excluding carboxylic acids is 1. The zero-order chi connectivity index (χ0) is 23.0. The van der Waals surface area contributed by atoms with Gasteiger partial charge in [-0.3, -0.25) is 14.6 Å². The number of benzene rings is 1. The van der Waals surface area contributed by atoms with Gasteiger partial charge in [-0.2, -0.15) is 0 Å². The lowest BCUT2D eigenvalue weighted by molar-refractivity contribution is -0.0359. The highest BCUT2D eigenvalue weighted by Crippen LogP contribution is 2.28. The van der Waals surface area contributed by atoms with Crippen LogP contribution in [0.1, 0.15) is 21.1 Å². The van der Waals surface area contributed by atoms with E-state index in [1.54, 1.807) is 12.1 Å². The zero-order valence-corrected chi connectivity index (χ0v) is 18.0. The Balaban J connectivity index is 1.67. The molecule has 9 nitrogen and oxygen atoms in total. The summed E-state index contributed by atoms with van der Waals surface area (Å²) in [5.41, 5.74) is -0.564. The number of hydrogen-bond donors (Lipinski definition) is 1. The molecule has 0 saturated heterocycles. The molecule has 1 amide bonds. The number of fused-ring (bicyclic) bond motifs is 1. The fourth-order valence-corrected chi connectivity index (χ4v) is 4.29. The fraction of sp³-hybridized carbons (Fsp3) is 0.300. The number of amides is 1. The van der Waals surface area contributed by atoms with Gasteiger partial charge in [-0.15, -0.1) is 10.2 Å². The van der Waals surface area contributed by atoms with Crippen molar-refractivity contribution in [2.24, 2.45) is 0 Å². The monoisotopic (exact) mass is 463 g/mol. The highest BCUT2D eigenvalue weighted by molar-refractivity contribution is 7.14. The lowest BCUT2D eigenvalue weighted by atomic mass is 10.1. The molecule has 168 valence electrons. The third kappa shape index (κ3) is 3.99. The van der Waals surface area contributed by atoms with Crippen molar-refractivity contribution in [3.05, 3.63) is 62.5 Å². The third-order valence-corrected chi connectivity index (χ3v) is 5.98. The fourth-order valence-electron chi connectivity index (χ4n) is 3.42. The third-order valence-electron chi connectivity index (χ3n) is 5.02. The topological polar surface area (TPSA) is 101 Å². The van der Waals surface area contributed by atoms with Crippen LogP contribution in [-0.4, -0.2) is 63.1 Å². The average molecular weight is 463 g/mol. The van der Waals surface area contributed by atoms with Crippen LogP contribution in [0.3, 0.4) is 0 Å². The molecule has 0 aliphatic carbocycles. The number of carbonyl (C=O) groups is 1. The predicted molar refractivity (Wildman–Crippen MR) is 111 cm³/mol. The SMILES string of the molecule is COCCN1C(=O)c2c(O)c(=O)c(-c3nnc(Cc4ccc(F)cc4F)s3)cn2CN1C. The van der Waals surface area contributed by atoms with Gasteiger partial charge in [0, 0.05) is 32.8 Å². The van der Waals surface area contributed by atoms with Crippen LogP contribution in [-0.2, 0) is 17.8 Å². The number of hydrazine groups is 1. The van der Waals surface area contributed by atoms with Crippen LogP contribution in [0.25, 0.3) is 10.6 Å². The van der Waals surface area contributed by atoms with Gasteiger partial charge in [0.15, 0.2) is 16.5 Å². The van der Waals surface area contributed by atoms with E-state index in [-0.39, 0.29) is 41.5 Å². The number of pyridine rings is 1. The highest BCUT2D eigenvalue weighted by Gasteiger charge is 2.33. The first kappa shape index (κ1) is 22.0. The van der Waals surface area contributed by atoms with Crippen LogP contribution in [0.4, 0.5) is 8.78 Å². The van der Waals surface area contributed by atoms with Crippen molar-refractivity contribution in [2.45, 2.75) is 13.1 Å². The quantitative estimate of drug-likeness (QED) is 0.595. The first-order valence-corrected chi connectivity index (χ1v) is 10.4. The summed E-state index contributed by atoms with van der Waals surface area (Å²) >= 11 is 1.05. The average Bonchev–Trinajstić information content (AvgIpc) is 3.20. The number of hydrogen-bond acceptors (Lipinski definition) is 8. The minimum absolute atomic E-state index is 0.0672. The first-order valence-electron chi connectivity index (χ1n) is 9.55. The van der Waals surface area contributed by atoms with Crippen LogP contribution >= 0.6 is 11.3 Å². The van der Waals surface area contributed by atoms with Gasteiger partial charge < -0.3 is 14.4 Å². The standard InChI is InChI=1S/C20H19F2N5O4S/c1-25-10-26-9-13(17(28)18(29)16(26)20(30)27(25)5-6-31-2)19-24-23-15(32-19)7-11-3-4-12(21)8-14(11)22/h3-4,8-9,29H,5-7,10H2,1-2H3. The Kier molecular flexibility index (Phi) is 6.00. The van der Waals surface area contributed by atoms with E-state index in [4.69, 9.17) is 4.74 Å². The maximum absolute atomic E-state index is 13.9. The van der Waals surface area contributed by atoms with E-state index in [0.717, 1.165) is 23.5 Å². The van der Waals surface area contributed by atoms with E-state index < -0.39 is 28.7 Å². The minimum Gasteiger partial charge on any atom is -0.503 e. The summed E-state index contributed by atoms with van der Waals surface area (Å²) in [4.78, 5) is 25.7. The van der Waals surface area contributed by atoms with Crippen molar-refractivity contribution in [2.75, 3.05) is 27.3 Å². The van der Waals surface area contributed by atoms with Crippen molar-refractivity contribution in [1.29, 1.82) is 0 Å². The van der Waals surface area contributed by atoms with Crippen LogP contribution in [0.2, 0.25) is 0 Å². The lowest BCUT2D eigenvalue weighted by Crippen LogP contribution is -2.51. The van der Waals surface area contributed by atoms with Crippen molar-refractivity contribution in [1.82, 2.24) is 24.8 Å². The predicted octanol–water partition coefficient (Wildman–Crippen LogP) is 1.85. The number of halogens is 2. The van der Waals surface area contributed by atoms with E-state index in [0.29, 0.717) is 11.6 Å². The number of ether oxygens (including phenoxy) is 1. The van der Waals surface area contributed by atoms with Crippen molar-refractivity contribution < 1.29 is 23.4 Å². The van der Waals surface area contributed by atoms with E-state index in [1.165, 1.54) is 28.9 Å². The summed E-state index contributed by atoms with van der Waals surface area (Å²) in [6.07, 6.45) is 1.51. The van der Waals surface area contributed by atoms with Gasteiger partial charge in [-0.1, -0.05) is 17.4 Å². The maximum atomic E-state index is 13.9. The van der Waals surface area contributed by atoms with E-state index in [2.05, 4.69) is 10.2 Å². The maximum Gasteiger partial charge on any atom is 0.288 e. The molecule has 12 heteroatoms. The first-order chi connectivity index (χ1) is 15.3. The van der Waals surface area contributed by atoms with Gasteiger partial charge in [-0.25, -0.2) is 13.8 Å². The molecule has 1 aliphatic heterocycles. The number of nitrogens with zero attached hydrogens (tertiary/aromatic N) is 5. The molecule has 3 heterocycles. The molecule has 4 rings (SSSR count). The van der Waals surface area contributed by atoms with Crippen molar-refractivity contribution in [3.8, 4) is 16.3 Å².